The van der Waals surface area contributed by atoms with Crippen molar-refractivity contribution in [2.45, 2.75) is 13.5 Å². The highest BCUT2D eigenvalue weighted by atomic mass is 79.9. The number of carbonyl (C=O) groups excluding carboxylic acids is 1. The van der Waals surface area contributed by atoms with Crippen molar-refractivity contribution in [3.63, 3.8) is 0 Å². The van der Waals surface area contributed by atoms with E-state index >= 15 is 0 Å². The molecule has 152 valence electrons. The molecule has 1 heterocycles. The number of aromatic nitrogens is 1. The van der Waals surface area contributed by atoms with Crippen molar-refractivity contribution < 1.29 is 9.53 Å². The van der Waals surface area contributed by atoms with E-state index in [2.05, 4.69) is 36.8 Å². The number of likely N-dealkylation sites (N-methyl/N-ethyl adjacent to an activating group) is 1. The number of benzene rings is 2. The normalized spacial score (nSPS) is 11.0. The second kappa shape index (κ2) is 9.18. The molecule has 0 aliphatic rings. The number of anilines is 1. The summed E-state index contributed by atoms with van der Waals surface area (Å²) in [4.78, 5) is 18.4. The molecule has 0 atom stereocenters. The van der Waals surface area contributed by atoms with E-state index in [4.69, 9.17) is 33.7 Å². The Balaban J connectivity index is 2.22. The van der Waals surface area contributed by atoms with Crippen LogP contribution < -0.4 is 15.4 Å². The molecule has 1 aromatic heterocycles. The van der Waals surface area contributed by atoms with Crippen molar-refractivity contribution in [3.05, 3.63) is 60.6 Å². The summed E-state index contributed by atoms with van der Waals surface area (Å²) in [6, 6.07) is 9.05. The first-order chi connectivity index (χ1) is 13.7. The molecule has 0 bridgehead atoms. The molecule has 9 heteroatoms. The highest BCUT2D eigenvalue weighted by Crippen LogP contribution is 2.43. The fourth-order valence-electron chi connectivity index (χ4n) is 3.00. The molecule has 0 aliphatic heterocycles. The van der Waals surface area contributed by atoms with Crippen LogP contribution in [0.5, 0.6) is 5.75 Å². The summed E-state index contributed by atoms with van der Waals surface area (Å²) in [6.45, 7) is 1.81. The molecule has 29 heavy (non-hydrogen) atoms. The van der Waals surface area contributed by atoms with Gasteiger partial charge in [0, 0.05) is 31.6 Å². The molecule has 0 aliphatic carbocycles. The molecule has 0 saturated carbocycles. The fourth-order valence-corrected chi connectivity index (χ4v) is 4.89. The van der Waals surface area contributed by atoms with Crippen molar-refractivity contribution in [3.8, 4) is 5.75 Å². The predicted molar refractivity (Wildman–Crippen MR) is 125 cm³/mol. The third kappa shape index (κ3) is 4.54. The highest BCUT2D eigenvalue weighted by molar-refractivity contribution is 9.11. The van der Waals surface area contributed by atoms with E-state index in [1.54, 1.807) is 25.2 Å². The number of halogens is 4. The Morgan fingerprint density at radius 1 is 1.24 bits per heavy atom. The van der Waals surface area contributed by atoms with Gasteiger partial charge in [-0.15, -0.1) is 0 Å². The first kappa shape index (κ1) is 22.3. The molecule has 1 amide bonds. The molecule has 3 aromatic rings. The number of nitrogens with zero attached hydrogens (tertiary/aromatic N) is 2. The zero-order chi connectivity index (χ0) is 21.3. The zero-order valence-electron chi connectivity index (χ0n) is 15.6. The predicted octanol–water partition coefficient (Wildman–Crippen LogP) is 5.88. The lowest BCUT2D eigenvalue weighted by Gasteiger charge is -2.24. The van der Waals surface area contributed by atoms with Gasteiger partial charge in [-0.2, -0.15) is 0 Å². The van der Waals surface area contributed by atoms with Gasteiger partial charge in [0.1, 0.15) is 12.3 Å². The Morgan fingerprint density at radius 2 is 1.90 bits per heavy atom. The van der Waals surface area contributed by atoms with Gasteiger partial charge in [0.2, 0.25) is 5.91 Å². The molecular formula is C20H17Br2Cl2N3O2. The average molecular weight is 562 g/mol. The second-order valence-electron chi connectivity index (χ2n) is 6.30. The Morgan fingerprint density at radius 3 is 2.52 bits per heavy atom. The van der Waals surface area contributed by atoms with Crippen molar-refractivity contribution >= 4 is 77.6 Å². The maximum absolute atomic E-state index is 12.3. The quantitative estimate of drug-likeness (QED) is 0.423. The lowest BCUT2D eigenvalue weighted by molar-refractivity contribution is -0.117. The number of rotatable bonds is 5. The van der Waals surface area contributed by atoms with Crippen LogP contribution in [0.2, 0.25) is 10.0 Å². The monoisotopic (exact) mass is 559 g/mol. The molecule has 2 aromatic carbocycles. The third-order valence-corrected chi connectivity index (χ3v) is 6.21. The summed E-state index contributed by atoms with van der Waals surface area (Å²) in [5.41, 5.74) is 8.11. The third-order valence-electron chi connectivity index (χ3n) is 4.41. The van der Waals surface area contributed by atoms with Crippen LogP contribution in [-0.4, -0.2) is 24.5 Å². The minimum absolute atomic E-state index is 0.122. The molecule has 0 fully saturated rings. The Labute approximate surface area is 195 Å². The molecule has 3 rings (SSSR count). The summed E-state index contributed by atoms with van der Waals surface area (Å²) in [5.74, 6) is 0.232. The van der Waals surface area contributed by atoms with E-state index in [1.165, 1.54) is 4.90 Å². The van der Waals surface area contributed by atoms with E-state index in [0.29, 0.717) is 38.3 Å². The van der Waals surface area contributed by atoms with Crippen LogP contribution in [0.1, 0.15) is 11.3 Å². The summed E-state index contributed by atoms with van der Waals surface area (Å²) in [6.07, 6.45) is 0. The lowest BCUT2D eigenvalue weighted by atomic mass is 10.1. The van der Waals surface area contributed by atoms with E-state index < -0.39 is 0 Å². The van der Waals surface area contributed by atoms with Crippen molar-refractivity contribution in [2.24, 2.45) is 5.73 Å². The number of carbonyl (C=O) groups is 1. The van der Waals surface area contributed by atoms with E-state index in [1.807, 2.05) is 19.1 Å². The maximum Gasteiger partial charge on any atom is 0.240 e. The summed E-state index contributed by atoms with van der Waals surface area (Å²) >= 11 is 19.7. The number of aryl methyl sites for hydroxylation is 1. The van der Waals surface area contributed by atoms with Gasteiger partial charge < -0.3 is 15.4 Å². The number of ether oxygens (including phenoxy) is 1. The lowest BCUT2D eigenvalue weighted by Crippen LogP contribution is -2.33. The first-order valence-corrected chi connectivity index (χ1v) is 10.9. The summed E-state index contributed by atoms with van der Waals surface area (Å²) < 4.78 is 7.86. The largest absolute Gasteiger partial charge is 0.486 e. The van der Waals surface area contributed by atoms with Crippen LogP contribution >= 0.6 is 55.1 Å². The van der Waals surface area contributed by atoms with E-state index in [-0.39, 0.29) is 19.1 Å². The average Bonchev–Trinajstić information content (AvgIpc) is 2.65. The minimum atomic E-state index is -0.261. The summed E-state index contributed by atoms with van der Waals surface area (Å²) in [7, 11) is 1.65. The standard InChI is InChI=1S/C20H17Br2Cl2N3O2/c1-10-19(27(2)17(28)8-25)20(18-13(22)6-11(21)7-16(18)26-10)29-9-12-14(23)4-3-5-15(12)24/h3-7H,8-9,25H2,1-2H3. The van der Waals surface area contributed by atoms with Gasteiger partial charge in [-0.3, -0.25) is 9.78 Å². The molecule has 0 radical (unpaired) electrons. The zero-order valence-corrected chi connectivity index (χ0v) is 20.3. The van der Waals surface area contributed by atoms with Gasteiger partial charge in [0.15, 0.2) is 5.75 Å². The Hall–Kier alpha value is -1.38. The number of hydrogen-bond donors (Lipinski definition) is 1. The molecule has 2 N–H and O–H groups in total. The molecule has 5 nitrogen and oxygen atoms in total. The van der Waals surface area contributed by atoms with Gasteiger partial charge in [-0.25, -0.2) is 0 Å². The first-order valence-electron chi connectivity index (χ1n) is 8.56. The van der Waals surface area contributed by atoms with Crippen molar-refractivity contribution in [1.82, 2.24) is 4.98 Å². The van der Waals surface area contributed by atoms with E-state index in [0.717, 1.165) is 14.3 Å². The van der Waals surface area contributed by atoms with Gasteiger partial charge in [0.25, 0.3) is 0 Å². The van der Waals surface area contributed by atoms with Crippen LogP contribution in [0.25, 0.3) is 10.9 Å². The van der Waals surface area contributed by atoms with Gasteiger partial charge in [-0.1, -0.05) is 45.2 Å². The van der Waals surface area contributed by atoms with Crippen LogP contribution in [0.3, 0.4) is 0 Å². The van der Waals surface area contributed by atoms with Gasteiger partial charge in [0.05, 0.1) is 23.1 Å². The van der Waals surface area contributed by atoms with Crippen LogP contribution in [0, 0.1) is 6.92 Å². The Kier molecular flexibility index (Phi) is 7.06. The van der Waals surface area contributed by atoms with Crippen molar-refractivity contribution in [1.29, 1.82) is 0 Å². The topological polar surface area (TPSA) is 68.5 Å². The number of amides is 1. The maximum atomic E-state index is 12.3. The molecule has 0 spiro atoms. The molecule has 0 saturated heterocycles. The van der Waals surface area contributed by atoms with Crippen LogP contribution in [-0.2, 0) is 11.4 Å². The number of nitrogens with two attached hydrogens (primary N) is 1. The summed E-state index contributed by atoms with van der Waals surface area (Å²) in [5, 5.41) is 1.73. The Bertz CT molecular complexity index is 1090. The van der Waals surface area contributed by atoms with Crippen LogP contribution in [0.4, 0.5) is 5.69 Å². The molecular weight excluding hydrogens is 545 g/mol. The second-order valence-corrected chi connectivity index (χ2v) is 8.89. The fraction of sp³-hybridized carbons (Fsp3) is 0.200. The molecule has 0 unspecified atom stereocenters. The van der Waals surface area contributed by atoms with Crippen LogP contribution in [0.15, 0.2) is 39.3 Å². The van der Waals surface area contributed by atoms with Gasteiger partial charge >= 0.3 is 0 Å². The highest BCUT2D eigenvalue weighted by Gasteiger charge is 2.23. The van der Waals surface area contributed by atoms with Gasteiger partial charge in [-0.05, 0) is 47.1 Å². The SMILES string of the molecule is Cc1nc2cc(Br)cc(Br)c2c(OCc2c(Cl)cccc2Cl)c1N(C)C(=O)CN. The number of pyridine rings is 1. The van der Waals surface area contributed by atoms with E-state index in [9.17, 15) is 4.79 Å². The minimum Gasteiger partial charge on any atom is -0.486 e. The number of hydrogen-bond acceptors (Lipinski definition) is 4. The number of fused-ring (bicyclic) bond motifs is 1. The van der Waals surface area contributed by atoms with Crippen molar-refractivity contribution in [2.75, 3.05) is 18.5 Å². The smallest absolute Gasteiger partial charge is 0.240 e.